The highest BCUT2D eigenvalue weighted by atomic mass is 79.9. The second kappa shape index (κ2) is 6.94. The maximum atomic E-state index is 12.3. The Hall–Kier alpha value is -1.28. The molecule has 0 spiro atoms. The van der Waals surface area contributed by atoms with Gasteiger partial charge in [-0.25, -0.2) is 0 Å². The fraction of sp³-hybridized carbons (Fsp3) is 0.417. The van der Waals surface area contributed by atoms with E-state index in [1.165, 1.54) is 12.1 Å². The van der Waals surface area contributed by atoms with Gasteiger partial charge in [0.25, 0.3) is 0 Å². The monoisotopic (exact) mass is 354 g/mol. The van der Waals surface area contributed by atoms with Gasteiger partial charge >= 0.3 is 6.36 Å². The topological polar surface area (TPSA) is 64.4 Å². The number of nitrogens with two attached hydrogens (primary N) is 1. The number of rotatable bonds is 5. The predicted molar refractivity (Wildman–Crippen MR) is 72.3 cm³/mol. The van der Waals surface area contributed by atoms with Crippen LogP contribution in [0.4, 0.5) is 18.9 Å². The molecule has 112 valence electrons. The lowest BCUT2D eigenvalue weighted by Gasteiger charge is -2.17. The van der Waals surface area contributed by atoms with E-state index >= 15 is 0 Å². The Balaban J connectivity index is 2.97. The molecule has 1 amide bonds. The highest BCUT2D eigenvalue weighted by Gasteiger charge is 2.32. The van der Waals surface area contributed by atoms with Gasteiger partial charge in [-0.3, -0.25) is 4.79 Å². The van der Waals surface area contributed by atoms with Gasteiger partial charge in [0.2, 0.25) is 5.91 Å². The average molecular weight is 355 g/mol. The first-order valence-electron chi connectivity index (χ1n) is 5.83. The van der Waals surface area contributed by atoms with E-state index in [9.17, 15) is 18.0 Å². The van der Waals surface area contributed by atoms with Crippen LogP contribution in [0.25, 0.3) is 0 Å². The number of amides is 1. The van der Waals surface area contributed by atoms with E-state index in [0.29, 0.717) is 10.9 Å². The molecule has 0 heterocycles. The molecule has 0 radical (unpaired) electrons. The van der Waals surface area contributed by atoms with E-state index in [1.54, 1.807) is 6.92 Å². The van der Waals surface area contributed by atoms with Crippen molar-refractivity contribution in [2.75, 3.05) is 11.9 Å². The van der Waals surface area contributed by atoms with Crippen molar-refractivity contribution in [2.45, 2.75) is 19.7 Å². The van der Waals surface area contributed by atoms with Gasteiger partial charge in [0, 0.05) is 11.0 Å². The van der Waals surface area contributed by atoms with E-state index in [4.69, 9.17) is 5.73 Å². The summed E-state index contributed by atoms with van der Waals surface area (Å²) in [6, 6.07) is 3.96. The Morgan fingerprint density at radius 1 is 1.50 bits per heavy atom. The van der Waals surface area contributed by atoms with Crippen LogP contribution < -0.4 is 15.8 Å². The molecule has 1 unspecified atom stereocenters. The van der Waals surface area contributed by atoms with Gasteiger partial charge in [-0.15, -0.1) is 13.2 Å². The molecule has 1 aromatic rings. The highest BCUT2D eigenvalue weighted by Crippen LogP contribution is 2.33. The number of nitrogens with one attached hydrogen (secondary N) is 1. The van der Waals surface area contributed by atoms with Crippen molar-refractivity contribution < 1.29 is 22.7 Å². The summed E-state index contributed by atoms with van der Waals surface area (Å²) in [7, 11) is 0. The largest absolute Gasteiger partial charge is 0.573 e. The molecule has 0 saturated heterocycles. The van der Waals surface area contributed by atoms with E-state index in [-0.39, 0.29) is 12.2 Å². The zero-order valence-electron chi connectivity index (χ0n) is 10.6. The van der Waals surface area contributed by atoms with E-state index in [1.807, 2.05) is 0 Å². The first-order chi connectivity index (χ1) is 9.26. The fourth-order valence-electron chi connectivity index (χ4n) is 1.50. The van der Waals surface area contributed by atoms with Gasteiger partial charge < -0.3 is 15.8 Å². The Labute approximate surface area is 122 Å². The summed E-state index contributed by atoms with van der Waals surface area (Å²) in [5.41, 5.74) is 5.37. The third kappa shape index (κ3) is 5.01. The van der Waals surface area contributed by atoms with Gasteiger partial charge in [-0.1, -0.05) is 22.9 Å². The molecule has 3 N–H and O–H groups in total. The molecular formula is C12H14BrF3N2O2. The number of anilines is 1. The summed E-state index contributed by atoms with van der Waals surface area (Å²) in [5, 5.41) is 2.40. The number of hydrogen-bond acceptors (Lipinski definition) is 3. The number of hydrogen-bond donors (Lipinski definition) is 2. The lowest BCUT2D eigenvalue weighted by atomic mass is 10.1. The summed E-state index contributed by atoms with van der Waals surface area (Å²) in [6.07, 6.45) is -4.34. The number of benzene rings is 1. The Bertz CT molecular complexity index is 476. The molecule has 1 aromatic carbocycles. The van der Waals surface area contributed by atoms with Crippen molar-refractivity contribution in [1.29, 1.82) is 0 Å². The Morgan fingerprint density at radius 3 is 2.65 bits per heavy atom. The third-order valence-electron chi connectivity index (χ3n) is 2.58. The van der Waals surface area contributed by atoms with Gasteiger partial charge in [0.05, 0.1) is 11.6 Å². The lowest BCUT2D eigenvalue weighted by Crippen LogP contribution is -2.29. The smallest absolute Gasteiger partial charge is 0.404 e. The quantitative estimate of drug-likeness (QED) is 0.852. The van der Waals surface area contributed by atoms with Gasteiger partial charge in [0.1, 0.15) is 0 Å². The van der Waals surface area contributed by atoms with Crippen LogP contribution >= 0.6 is 15.9 Å². The lowest BCUT2D eigenvalue weighted by molar-refractivity contribution is -0.274. The summed E-state index contributed by atoms with van der Waals surface area (Å²) in [6.45, 7) is 1.89. The molecule has 0 aliphatic rings. The summed E-state index contributed by atoms with van der Waals surface area (Å²) in [5.74, 6) is -1.38. The van der Waals surface area contributed by atoms with Crippen LogP contribution in [0.15, 0.2) is 22.7 Å². The Morgan fingerprint density at radius 2 is 2.15 bits per heavy atom. The molecule has 8 heteroatoms. The molecule has 0 fully saturated rings. The molecular weight excluding hydrogens is 341 g/mol. The average Bonchev–Trinajstić information content (AvgIpc) is 2.32. The van der Waals surface area contributed by atoms with Crippen LogP contribution in [0.5, 0.6) is 5.75 Å². The van der Waals surface area contributed by atoms with Crippen molar-refractivity contribution in [1.82, 2.24) is 0 Å². The second-order valence-electron chi connectivity index (χ2n) is 4.02. The standard InChI is InChI=1S/C12H14BrF3N2O2/c1-2-7(6-17)11(19)18-9-4-3-8(13)5-10(9)20-12(14,15)16/h3-5,7H,2,6,17H2,1H3,(H,18,19). The van der Waals surface area contributed by atoms with Crippen LogP contribution in [-0.4, -0.2) is 18.8 Å². The second-order valence-corrected chi connectivity index (χ2v) is 4.93. The summed E-state index contributed by atoms with van der Waals surface area (Å²) < 4.78 is 41.2. The SMILES string of the molecule is CCC(CN)C(=O)Nc1ccc(Br)cc1OC(F)(F)F. The molecule has 4 nitrogen and oxygen atoms in total. The van der Waals surface area contributed by atoms with Crippen molar-refractivity contribution in [2.24, 2.45) is 11.7 Å². The minimum absolute atomic E-state index is 0.0533. The Kier molecular flexibility index (Phi) is 5.82. The van der Waals surface area contributed by atoms with Crippen LogP contribution in [-0.2, 0) is 4.79 Å². The molecule has 1 rings (SSSR count). The third-order valence-corrected chi connectivity index (χ3v) is 3.07. The molecule has 0 aromatic heterocycles. The van der Waals surface area contributed by atoms with Crippen LogP contribution in [0.1, 0.15) is 13.3 Å². The number of carbonyl (C=O) groups is 1. The first-order valence-corrected chi connectivity index (χ1v) is 6.62. The van der Waals surface area contributed by atoms with Crippen LogP contribution in [0, 0.1) is 5.92 Å². The number of alkyl halides is 3. The van der Waals surface area contributed by atoms with Crippen LogP contribution in [0.2, 0.25) is 0 Å². The zero-order valence-corrected chi connectivity index (χ0v) is 12.2. The normalized spacial score (nSPS) is 12.9. The van der Waals surface area contributed by atoms with Crippen LogP contribution in [0.3, 0.4) is 0 Å². The van der Waals surface area contributed by atoms with E-state index in [2.05, 4.69) is 26.0 Å². The number of halogens is 4. The molecule has 20 heavy (non-hydrogen) atoms. The van der Waals surface area contributed by atoms with E-state index < -0.39 is 23.9 Å². The van der Waals surface area contributed by atoms with E-state index in [0.717, 1.165) is 6.07 Å². The van der Waals surface area contributed by atoms with Crippen molar-refractivity contribution >= 4 is 27.5 Å². The summed E-state index contributed by atoms with van der Waals surface area (Å²) in [4.78, 5) is 11.8. The first kappa shape index (κ1) is 16.8. The molecule has 0 aliphatic carbocycles. The maximum Gasteiger partial charge on any atom is 0.573 e. The number of ether oxygens (including phenoxy) is 1. The predicted octanol–water partition coefficient (Wildman–Crippen LogP) is 3.27. The van der Waals surface area contributed by atoms with Gasteiger partial charge in [0.15, 0.2) is 5.75 Å². The zero-order chi connectivity index (χ0) is 15.3. The molecule has 1 atom stereocenters. The van der Waals surface area contributed by atoms with Crippen molar-refractivity contribution in [3.63, 3.8) is 0 Å². The van der Waals surface area contributed by atoms with Gasteiger partial charge in [-0.05, 0) is 24.6 Å². The van der Waals surface area contributed by atoms with Crippen molar-refractivity contribution in [3.05, 3.63) is 22.7 Å². The minimum atomic E-state index is -4.84. The molecule has 0 saturated carbocycles. The minimum Gasteiger partial charge on any atom is -0.404 e. The van der Waals surface area contributed by atoms with Gasteiger partial charge in [-0.2, -0.15) is 0 Å². The number of carbonyl (C=O) groups excluding carboxylic acids is 1. The summed E-state index contributed by atoms with van der Waals surface area (Å²) >= 11 is 3.05. The molecule has 0 aliphatic heterocycles. The fourth-order valence-corrected chi connectivity index (χ4v) is 1.84. The van der Waals surface area contributed by atoms with Crippen molar-refractivity contribution in [3.8, 4) is 5.75 Å². The maximum absolute atomic E-state index is 12.3. The highest BCUT2D eigenvalue weighted by molar-refractivity contribution is 9.10. The molecule has 0 bridgehead atoms.